The normalized spacial score (nSPS) is 10.5. The Morgan fingerprint density at radius 1 is 0.759 bits per heavy atom. The predicted octanol–water partition coefficient (Wildman–Crippen LogP) is 5.90. The van der Waals surface area contributed by atoms with Gasteiger partial charge in [-0.3, -0.25) is 9.78 Å². The summed E-state index contributed by atoms with van der Waals surface area (Å²) in [6.45, 7) is 2.56. The summed E-state index contributed by atoms with van der Waals surface area (Å²) in [5.41, 5.74) is 5.84. The van der Waals surface area contributed by atoms with Crippen molar-refractivity contribution >= 4 is 11.6 Å². The first kappa shape index (κ1) is 18.6. The summed E-state index contributed by atoms with van der Waals surface area (Å²) in [7, 11) is 0. The molecule has 0 saturated carbocycles. The Morgan fingerprint density at radius 3 is 2.10 bits per heavy atom. The number of benzene rings is 3. The molecule has 1 aromatic heterocycles. The molecule has 0 saturated heterocycles. The lowest BCUT2D eigenvalue weighted by atomic mass is 10.0. The fraction of sp³-hybridized carbons (Fsp3) is 0.0769. The van der Waals surface area contributed by atoms with Crippen LogP contribution >= 0.6 is 0 Å². The molecule has 4 aromatic rings. The first-order valence-electron chi connectivity index (χ1n) is 9.65. The van der Waals surface area contributed by atoms with Crippen molar-refractivity contribution in [1.82, 2.24) is 4.98 Å². The van der Waals surface area contributed by atoms with E-state index in [4.69, 9.17) is 0 Å². The maximum atomic E-state index is 13.3. The minimum Gasteiger partial charge on any atom is -0.303 e. The zero-order chi connectivity index (χ0) is 20.1. The molecule has 0 aliphatic rings. The summed E-state index contributed by atoms with van der Waals surface area (Å²) in [5, 5.41) is 0. The standard InChI is InChI=1S/C26H22N2O/c1-20-9-5-6-12-23(20)19-28(26(29)25-13-7-8-18-27-25)24-16-14-22(15-17-24)21-10-3-2-4-11-21/h2-18H,19H2,1H3. The minimum absolute atomic E-state index is 0.110. The van der Waals surface area contributed by atoms with Crippen LogP contribution in [0, 0.1) is 6.92 Å². The number of pyridine rings is 1. The molecule has 142 valence electrons. The van der Waals surface area contributed by atoms with E-state index in [1.165, 1.54) is 0 Å². The Morgan fingerprint density at radius 2 is 1.41 bits per heavy atom. The third kappa shape index (κ3) is 4.25. The monoisotopic (exact) mass is 378 g/mol. The van der Waals surface area contributed by atoms with E-state index in [2.05, 4.69) is 48.3 Å². The minimum atomic E-state index is -0.110. The molecular formula is C26H22N2O. The molecule has 1 amide bonds. The highest BCUT2D eigenvalue weighted by molar-refractivity contribution is 6.04. The van der Waals surface area contributed by atoms with E-state index in [9.17, 15) is 4.79 Å². The van der Waals surface area contributed by atoms with Gasteiger partial charge >= 0.3 is 0 Å². The molecule has 0 spiro atoms. The quantitative estimate of drug-likeness (QED) is 0.433. The van der Waals surface area contributed by atoms with Crippen LogP contribution in [0.1, 0.15) is 21.6 Å². The van der Waals surface area contributed by atoms with E-state index in [-0.39, 0.29) is 5.91 Å². The lowest BCUT2D eigenvalue weighted by molar-refractivity contribution is 0.0980. The van der Waals surface area contributed by atoms with Crippen LogP contribution < -0.4 is 4.90 Å². The summed E-state index contributed by atoms with van der Waals surface area (Å²) >= 11 is 0. The molecule has 0 aliphatic heterocycles. The molecule has 0 N–H and O–H groups in total. The SMILES string of the molecule is Cc1ccccc1CN(C(=O)c1ccccn1)c1ccc(-c2ccccc2)cc1. The summed E-state index contributed by atoms with van der Waals surface area (Å²) < 4.78 is 0. The number of aromatic nitrogens is 1. The second-order valence-electron chi connectivity index (χ2n) is 6.95. The van der Waals surface area contributed by atoms with Gasteiger partial charge in [-0.1, -0.05) is 72.8 Å². The second-order valence-corrected chi connectivity index (χ2v) is 6.95. The third-order valence-corrected chi connectivity index (χ3v) is 5.00. The van der Waals surface area contributed by atoms with Gasteiger partial charge < -0.3 is 4.90 Å². The lowest BCUT2D eigenvalue weighted by Crippen LogP contribution is -2.31. The summed E-state index contributed by atoms with van der Waals surface area (Å²) in [4.78, 5) is 19.3. The number of hydrogen-bond acceptors (Lipinski definition) is 2. The molecule has 0 bridgehead atoms. The van der Waals surface area contributed by atoms with E-state index < -0.39 is 0 Å². The molecule has 0 radical (unpaired) electrons. The average Bonchev–Trinajstić information content (AvgIpc) is 2.79. The molecular weight excluding hydrogens is 356 g/mol. The highest BCUT2D eigenvalue weighted by atomic mass is 16.2. The van der Waals surface area contributed by atoms with Crippen molar-refractivity contribution in [2.75, 3.05) is 4.90 Å². The summed E-state index contributed by atoms with van der Waals surface area (Å²) in [6, 6.07) is 31.9. The number of carbonyl (C=O) groups is 1. The van der Waals surface area contributed by atoms with Crippen molar-refractivity contribution in [2.24, 2.45) is 0 Å². The van der Waals surface area contributed by atoms with Gasteiger partial charge in [0.05, 0.1) is 6.54 Å². The van der Waals surface area contributed by atoms with Crippen molar-refractivity contribution in [3.8, 4) is 11.1 Å². The van der Waals surface area contributed by atoms with Gasteiger partial charge in [-0.15, -0.1) is 0 Å². The lowest BCUT2D eigenvalue weighted by Gasteiger charge is -2.24. The number of anilines is 1. The van der Waals surface area contributed by atoms with Crippen molar-refractivity contribution in [2.45, 2.75) is 13.5 Å². The van der Waals surface area contributed by atoms with Crippen molar-refractivity contribution in [3.63, 3.8) is 0 Å². The molecule has 3 aromatic carbocycles. The Bertz CT molecular complexity index is 1090. The fourth-order valence-electron chi connectivity index (χ4n) is 3.33. The Labute approximate surface area is 171 Å². The molecule has 0 unspecified atom stereocenters. The molecule has 29 heavy (non-hydrogen) atoms. The molecule has 0 atom stereocenters. The van der Waals surface area contributed by atoms with Crippen LogP contribution in [0.15, 0.2) is 103 Å². The van der Waals surface area contributed by atoms with Gasteiger partial charge in [0.1, 0.15) is 5.69 Å². The van der Waals surface area contributed by atoms with Gasteiger partial charge in [0.2, 0.25) is 0 Å². The van der Waals surface area contributed by atoms with Gasteiger partial charge in [0, 0.05) is 11.9 Å². The van der Waals surface area contributed by atoms with Crippen LogP contribution in [0.5, 0.6) is 0 Å². The van der Waals surface area contributed by atoms with Crippen LogP contribution in [0.4, 0.5) is 5.69 Å². The molecule has 0 fully saturated rings. The summed E-state index contributed by atoms with van der Waals surface area (Å²) in [6.07, 6.45) is 1.65. The maximum Gasteiger partial charge on any atom is 0.277 e. The van der Waals surface area contributed by atoms with Gasteiger partial charge in [0.25, 0.3) is 5.91 Å². The maximum absolute atomic E-state index is 13.3. The van der Waals surface area contributed by atoms with E-state index in [1.807, 2.05) is 54.6 Å². The number of rotatable bonds is 5. The van der Waals surface area contributed by atoms with Crippen LogP contribution in [-0.4, -0.2) is 10.9 Å². The molecule has 3 heteroatoms. The zero-order valence-corrected chi connectivity index (χ0v) is 16.3. The van der Waals surface area contributed by atoms with Crippen molar-refractivity contribution in [3.05, 3.63) is 120 Å². The molecule has 4 rings (SSSR count). The van der Waals surface area contributed by atoms with E-state index in [1.54, 1.807) is 17.2 Å². The van der Waals surface area contributed by atoms with Gasteiger partial charge in [-0.2, -0.15) is 0 Å². The highest BCUT2D eigenvalue weighted by Gasteiger charge is 2.20. The average molecular weight is 378 g/mol. The zero-order valence-electron chi connectivity index (χ0n) is 16.3. The number of hydrogen-bond donors (Lipinski definition) is 0. The fourth-order valence-corrected chi connectivity index (χ4v) is 3.33. The Kier molecular flexibility index (Phi) is 5.48. The first-order chi connectivity index (χ1) is 14.2. The topological polar surface area (TPSA) is 33.2 Å². The van der Waals surface area contributed by atoms with E-state index in [0.29, 0.717) is 12.2 Å². The van der Waals surface area contributed by atoms with Gasteiger partial charge in [0.15, 0.2) is 0 Å². The summed E-state index contributed by atoms with van der Waals surface area (Å²) in [5.74, 6) is -0.110. The largest absolute Gasteiger partial charge is 0.303 e. The van der Waals surface area contributed by atoms with Crippen LogP contribution in [0.25, 0.3) is 11.1 Å². The first-order valence-corrected chi connectivity index (χ1v) is 9.65. The third-order valence-electron chi connectivity index (χ3n) is 5.00. The number of amides is 1. The second kappa shape index (κ2) is 8.53. The van der Waals surface area contributed by atoms with Crippen LogP contribution in [0.3, 0.4) is 0 Å². The van der Waals surface area contributed by atoms with Crippen LogP contribution in [0.2, 0.25) is 0 Å². The number of carbonyl (C=O) groups excluding carboxylic acids is 1. The van der Waals surface area contributed by atoms with Crippen LogP contribution in [-0.2, 0) is 6.54 Å². The Balaban J connectivity index is 1.70. The van der Waals surface area contributed by atoms with Gasteiger partial charge in [-0.05, 0) is 53.4 Å². The molecule has 0 aliphatic carbocycles. The molecule has 3 nitrogen and oxygen atoms in total. The smallest absolute Gasteiger partial charge is 0.277 e. The van der Waals surface area contributed by atoms with E-state index >= 15 is 0 Å². The Hall–Kier alpha value is -3.72. The van der Waals surface area contributed by atoms with E-state index in [0.717, 1.165) is 27.9 Å². The number of aryl methyl sites for hydroxylation is 1. The van der Waals surface area contributed by atoms with Crippen molar-refractivity contribution in [1.29, 1.82) is 0 Å². The molecule has 1 heterocycles. The highest BCUT2D eigenvalue weighted by Crippen LogP contribution is 2.26. The number of nitrogens with zero attached hydrogens (tertiary/aromatic N) is 2. The predicted molar refractivity (Wildman–Crippen MR) is 118 cm³/mol. The van der Waals surface area contributed by atoms with Gasteiger partial charge in [-0.25, -0.2) is 0 Å². The van der Waals surface area contributed by atoms with Crippen molar-refractivity contribution < 1.29 is 4.79 Å².